The lowest BCUT2D eigenvalue weighted by Gasteiger charge is -2.32. The molecule has 11 nitrogen and oxygen atoms in total. The Bertz CT molecular complexity index is 1830. The fraction of sp³-hybridized carbons (Fsp3) is 0.188. The quantitative estimate of drug-likeness (QED) is 0.227. The number of halogens is 1. The van der Waals surface area contributed by atoms with Crippen LogP contribution < -0.4 is 24.3 Å². The highest BCUT2D eigenvalue weighted by Crippen LogP contribution is 2.36. The zero-order chi connectivity index (χ0) is 30.6. The topological polar surface area (TPSA) is 117 Å². The molecule has 0 saturated heterocycles. The largest absolute Gasteiger partial charge is 0.493 e. The molecule has 12 heteroatoms. The van der Waals surface area contributed by atoms with Gasteiger partial charge in [0.1, 0.15) is 18.1 Å². The van der Waals surface area contributed by atoms with Crippen molar-refractivity contribution in [2.24, 2.45) is 0 Å². The van der Waals surface area contributed by atoms with E-state index >= 15 is 0 Å². The van der Waals surface area contributed by atoms with E-state index in [1.165, 1.54) is 23.8 Å². The number of methoxy groups -OCH3 is 2. The summed E-state index contributed by atoms with van der Waals surface area (Å²) < 4.78 is 23.4. The predicted octanol–water partition coefficient (Wildman–Crippen LogP) is 5.24. The fourth-order valence-electron chi connectivity index (χ4n) is 5.04. The minimum atomic E-state index is -1.10. The summed E-state index contributed by atoms with van der Waals surface area (Å²) in [6.45, 7) is 0.0345. The van der Waals surface area contributed by atoms with Crippen LogP contribution in [0.15, 0.2) is 84.9 Å². The average molecular weight is 614 g/mol. The first-order valence-electron chi connectivity index (χ1n) is 13.7. The van der Waals surface area contributed by atoms with Gasteiger partial charge in [0.15, 0.2) is 23.0 Å². The summed E-state index contributed by atoms with van der Waals surface area (Å²) in [7, 11) is 3.04. The number of aromatic nitrogens is 3. The van der Waals surface area contributed by atoms with E-state index in [0.29, 0.717) is 50.3 Å². The Morgan fingerprint density at radius 3 is 2.52 bits per heavy atom. The third-order valence-corrected chi connectivity index (χ3v) is 7.47. The van der Waals surface area contributed by atoms with Gasteiger partial charge in [-0.2, -0.15) is 0 Å². The number of hydrogen-bond donors (Lipinski definition) is 1. The second-order valence-electron chi connectivity index (χ2n) is 9.96. The molecule has 0 bridgehead atoms. The van der Waals surface area contributed by atoms with Crippen molar-refractivity contribution in [3.63, 3.8) is 0 Å². The first kappa shape index (κ1) is 28.8. The van der Waals surface area contributed by atoms with Gasteiger partial charge in [-0.15, -0.1) is 5.10 Å². The molecule has 0 fully saturated rings. The molecule has 1 aromatic heterocycles. The number of anilines is 1. The van der Waals surface area contributed by atoms with E-state index in [-0.39, 0.29) is 25.8 Å². The predicted molar refractivity (Wildman–Crippen MR) is 163 cm³/mol. The number of rotatable bonds is 10. The summed E-state index contributed by atoms with van der Waals surface area (Å²) in [4.78, 5) is 30.0. The highest BCUT2D eigenvalue weighted by molar-refractivity contribution is 6.30. The van der Waals surface area contributed by atoms with Gasteiger partial charge in [0, 0.05) is 23.3 Å². The molecular formula is C32H28ClN5O6. The van der Waals surface area contributed by atoms with Gasteiger partial charge in [0.05, 0.1) is 19.7 Å². The molecule has 1 unspecified atom stereocenters. The Morgan fingerprint density at radius 1 is 0.955 bits per heavy atom. The van der Waals surface area contributed by atoms with Crippen LogP contribution in [-0.2, 0) is 22.7 Å². The third kappa shape index (κ3) is 5.95. The monoisotopic (exact) mass is 613 g/mol. The molecule has 0 radical (unpaired) electrons. The molecule has 0 saturated carbocycles. The maximum Gasteiger partial charge on any atom is 0.251 e. The van der Waals surface area contributed by atoms with Crippen molar-refractivity contribution in [2.75, 3.05) is 26.3 Å². The Kier molecular flexibility index (Phi) is 8.20. The second-order valence-corrected chi connectivity index (χ2v) is 10.4. The lowest BCUT2D eigenvalue weighted by atomic mass is 10.0. The highest BCUT2D eigenvalue weighted by Gasteiger charge is 2.33. The zero-order valence-corrected chi connectivity index (χ0v) is 24.7. The smallest absolute Gasteiger partial charge is 0.251 e. The molecular weight excluding hydrogens is 586 g/mol. The van der Waals surface area contributed by atoms with E-state index in [1.54, 1.807) is 48.5 Å². The molecule has 224 valence electrons. The number of carbonyl (C=O) groups excluding carboxylic acids is 2. The molecule has 2 heterocycles. The number of hydrogen-bond acceptors (Lipinski definition) is 8. The number of fused-ring (bicyclic) bond motifs is 2. The fourth-order valence-corrected chi connectivity index (χ4v) is 5.17. The molecule has 5 aromatic rings. The summed E-state index contributed by atoms with van der Waals surface area (Å²) in [6.07, 6.45) is 0. The molecule has 1 aliphatic heterocycles. The van der Waals surface area contributed by atoms with Crippen molar-refractivity contribution >= 4 is 40.1 Å². The van der Waals surface area contributed by atoms with Crippen LogP contribution in [-0.4, -0.2) is 52.7 Å². The first-order chi connectivity index (χ1) is 21.4. The second kappa shape index (κ2) is 12.5. The van der Waals surface area contributed by atoms with Gasteiger partial charge < -0.3 is 29.2 Å². The van der Waals surface area contributed by atoms with Gasteiger partial charge in [0.2, 0.25) is 12.7 Å². The Morgan fingerprint density at radius 2 is 1.73 bits per heavy atom. The van der Waals surface area contributed by atoms with E-state index in [1.807, 2.05) is 36.4 Å². The molecule has 4 aromatic carbocycles. The Balaban J connectivity index is 1.42. The normalized spacial score (nSPS) is 12.5. The zero-order valence-electron chi connectivity index (χ0n) is 23.9. The number of carbonyl (C=O) groups is 2. The van der Waals surface area contributed by atoms with E-state index < -0.39 is 11.9 Å². The summed E-state index contributed by atoms with van der Waals surface area (Å²) >= 11 is 6.15. The lowest BCUT2D eigenvalue weighted by molar-refractivity contribution is -0.140. The molecule has 44 heavy (non-hydrogen) atoms. The molecule has 1 atom stereocenters. The van der Waals surface area contributed by atoms with Gasteiger partial charge >= 0.3 is 0 Å². The number of amides is 2. The molecule has 0 aliphatic carbocycles. The standard InChI is InChI=1S/C32H28ClN5O6/c1-41-26-13-9-21(15-28(26)42-2)31(32(40)34-23-12-14-27-29(16-23)44-19-43-27)37(17-20-7-10-22(33)11-8-20)30(39)18-38-25-6-4-3-5-24(25)35-36-38/h3-16,31H,17-19H2,1-2H3,(H,34,40). The van der Waals surface area contributed by atoms with Gasteiger partial charge in [-0.3, -0.25) is 9.59 Å². The van der Waals surface area contributed by atoms with E-state index in [2.05, 4.69) is 15.6 Å². The van der Waals surface area contributed by atoms with Crippen molar-refractivity contribution in [1.82, 2.24) is 19.9 Å². The van der Waals surface area contributed by atoms with Crippen LogP contribution in [0.1, 0.15) is 17.2 Å². The first-order valence-corrected chi connectivity index (χ1v) is 14.1. The third-order valence-electron chi connectivity index (χ3n) is 7.22. The Labute approximate surface area is 257 Å². The van der Waals surface area contributed by atoms with Crippen LogP contribution in [0.5, 0.6) is 23.0 Å². The minimum absolute atomic E-state index is 0.0935. The van der Waals surface area contributed by atoms with Crippen LogP contribution in [0.2, 0.25) is 5.02 Å². The van der Waals surface area contributed by atoms with Crippen LogP contribution in [0, 0.1) is 0 Å². The van der Waals surface area contributed by atoms with Crippen LogP contribution in [0.25, 0.3) is 11.0 Å². The Hall–Kier alpha value is -5.29. The van der Waals surface area contributed by atoms with Gasteiger partial charge in [-0.05, 0) is 59.7 Å². The number of ether oxygens (including phenoxy) is 4. The van der Waals surface area contributed by atoms with Crippen molar-refractivity contribution in [1.29, 1.82) is 0 Å². The number of nitrogens with zero attached hydrogens (tertiary/aromatic N) is 4. The summed E-state index contributed by atoms with van der Waals surface area (Å²) in [5.74, 6) is 1.16. The number of para-hydroxylation sites is 1. The van der Waals surface area contributed by atoms with Crippen molar-refractivity contribution in [3.8, 4) is 23.0 Å². The number of benzene rings is 4. The molecule has 2 amide bonds. The van der Waals surface area contributed by atoms with Crippen molar-refractivity contribution in [2.45, 2.75) is 19.1 Å². The van der Waals surface area contributed by atoms with E-state index in [9.17, 15) is 9.59 Å². The molecule has 1 aliphatic rings. The average Bonchev–Trinajstić information content (AvgIpc) is 3.68. The lowest BCUT2D eigenvalue weighted by Crippen LogP contribution is -2.42. The highest BCUT2D eigenvalue weighted by atomic mass is 35.5. The molecule has 6 rings (SSSR count). The minimum Gasteiger partial charge on any atom is -0.493 e. The summed E-state index contributed by atoms with van der Waals surface area (Å²) in [5.41, 5.74) is 3.10. The van der Waals surface area contributed by atoms with Gasteiger partial charge in [-0.1, -0.05) is 47.1 Å². The number of nitrogens with one attached hydrogen (secondary N) is 1. The maximum atomic E-state index is 14.3. The maximum absolute atomic E-state index is 14.3. The van der Waals surface area contributed by atoms with Crippen molar-refractivity contribution in [3.05, 3.63) is 101 Å². The van der Waals surface area contributed by atoms with E-state index in [4.69, 9.17) is 30.5 Å². The summed E-state index contributed by atoms with van der Waals surface area (Å²) in [5, 5.41) is 11.9. The summed E-state index contributed by atoms with van der Waals surface area (Å²) in [6, 6.07) is 23.6. The van der Waals surface area contributed by atoms with Crippen molar-refractivity contribution < 1.29 is 28.5 Å². The van der Waals surface area contributed by atoms with Gasteiger partial charge in [-0.25, -0.2) is 4.68 Å². The van der Waals surface area contributed by atoms with Crippen LogP contribution in [0.4, 0.5) is 5.69 Å². The molecule has 1 N–H and O–H groups in total. The SMILES string of the molecule is COc1ccc(C(C(=O)Nc2ccc3c(c2)OCO3)N(Cc2ccc(Cl)cc2)C(=O)Cn2nnc3ccccc32)cc1OC. The van der Waals surface area contributed by atoms with Crippen LogP contribution in [0.3, 0.4) is 0 Å². The molecule has 0 spiro atoms. The van der Waals surface area contributed by atoms with Gasteiger partial charge in [0.25, 0.3) is 5.91 Å². The van der Waals surface area contributed by atoms with E-state index in [0.717, 1.165) is 5.56 Å². The van der Waals surface area contributed by atoms with Crippen LogP contribution >= 0.6 is 11.6 Å².